The van der Waals surface area contributed by atoms with E-state index in [4.69, 9.17) is 10.5 Å². The van der Waals surface area contributed by atoms with E-state index in [1.165, 1.54) is 6.07 Å². The van der Waals surface area contributed by atoms with Gasteiger partial charge in [-0.2, -0.15) is 17.7 Å². The van der Waals surface area contributed by atoms with Crippen molar-refractivity contribution in [2.24, 2.45) is 5.73 Å². The Labute approximate surface area is 183 Å². The predicted octanol–water partition coefficient (Wildman–Crippen LogP) is 2.58. The van der Waals surface area contributed by atoms with Crippen LogP contribution in [0.1, 0.15) is 25.2 Å². The molecule has 1 fully saturated rings. The maximum Gasteiger partial charge on any atom is 0.453 e. The van der Waals surface area contributed by atoms with Gasteiger partial charge >= 0.3 is 6.18 Å². The third-order valence-electron chi connectivity index (χ3n) is 5.14. The molecule has 32 heavy (non-hydrogen) atoms. The normalized spacial score (nSPS) is 16.0. The van der Waals surface area contributed by atoms with Crippen LogP contribution in [0.25, 0.3) is 5.65 Å². The van der Waals surface area contributed by atoms with E-state index in [0.29, 0.717) is 25.5 Å². The average molecular weight is 449 g/mol. The first-order valence-corrected chi connectivity index (χ1v) is 10.4. The number of benzene rings is 1. The number of ether oxygens (including phenoxy) is 1. The summed E-state index contributed by atoms with van der Waals surface area (Å²) < 4.78 is 45.8. The lowest BCUT2D eigenvalue weighted by Gasteiger charge is -2.35. The van der Waals surface area contributed by atoms with Gasteiger partial charge in [0, 0.05) is 38.3 Å². The fourth-order valence-corrected chi connectivity index (χ4v) is 3.48. The van der Waals surface area contributed by atoms with Gasteiger partial charge in [-0.1, -0.05) is 12.1 Å². The zero-order valence-electron chi connectivity index (χ0n) is 18.0. The molecule has 172 valence electrons. The van der Waals surface area contributed by atoms with Crippen LogP contribution >= 0.6 is 0 Å². The van der Waals surface area contributed by atoms with Gasteiger partial charge in [-0.25, -0.2) is 0 Å². The molecule has 0 bridgehead atoms. The van der Waals surface area contributed by atoms with Crippen molar-refractivity contribution in [1.82, 2.24) is 24.7 Å². The first-order valence-electron chi connectivity index (χ1n) is 10.4. The number of halogens is 3. The molecule has 3 heterocycles. The topological polar surface area (TPSA) is 84.8 Å². The largest absolute Gasteiger partial charge is 0.492 e. The first kappa shape index (κ1) is 22.3. The molecule has 0 atom stereocenters. The van der Waals surface area contributed by atoms with E-state index in [1.54, 1.807) is 6.07 Å². The van der Waals surface area contributed by atoms with Crippen molar-refractivity contribution < 1.29 is 17.9 Å². The molecule has 1 aliphatic heterocycles. The smallest absolute Gasteiger partial charge is 0.453 e. The summed E-state index contributed by atoms with van der Waals surface area (Å²) in [7, 11) is 0. The van der Waals surface area contributed by atoms with Crippen LogP contribution in [-0.2, 0) is 12.7 Å². The maximum absolute atomic E-state index is 13.1. The van der Waals surface area contributed by atoms with Crippen LogP contribution in [0.4, 0.5) is 19.0 Å². The Kier molecular flexibility index (Phi) is 5.95. The van der Waals surface area contributed by atoms with Crippen molar-refractivity contribution in [3.63, 3.8) is 0 Å². The molecule has 0 saturated carbocycles. The van der Waals surface area contributed by atoms with Gasteiger partial charge in [0.2, 0.25) is 0 Å². The standard InChI is InChI=1S/C21H26F3N7O/c1-20(2,25)14-32-16-5-3-15(4-6-16)13-29-9-11-30(12-10-29)18-8-7-17-26-27-19(21(22,23)24)31(17)28-18/h3-8H,9-14,25H2,1-2H3. The quantitative estimate of drug-likeness (QED) is 0.619. The van der Waals surface area contributed by atoms with Crippen LogP contribution in [0.15, 0.2) is 36.4 Å². The number of piperazine rings is 1. The van der Waals surface area contributed by atoms with Gasteiger partial charge < -0.3 is 15.4 Å². The average Bonchev–Trinajstić information content (AvgIpc) is 3.17. The fraction of sp³-hybridized carbons (Fsp3) is 0.476. The van der Waals surface area contributed by atoms with Crippen LogP contribution in [0, 0.1) is 0 Å². The lowest BCUT2D eigenvalue weighted by Crippen LogP contribution is -2.46. The lowest BCUT2D eigenvalue weighted by molar-refractivity contribution is -0.146. The van der Waals surface area contributed by atoms with E-state index in [9.17, 15) is 13.2 Å². The number of anilines is 1. The highest BCUT2D eigenvalue weighted by molar-refractivity contribution is 5.46. The highest BCUT2D eigenvalue weighted by Crippen LogP contribution is 2.28. The summed E-state index contributed by atoms with van der Waals surface area (Å²) in [6.07, 6.45) is -4.61. The molecule has 1 saturated heterocycles. The molecule has 0 aliphatic carbocycles. The van der Waals surface area contributed by atoms with Crippen molar-refractivity contribution in [3.05, 3.63) is 47.8 Å². The molecule has 1 aliphatic rings. The zero-order chi connectivity index (χ0) is 22.9. The molecule has 2 N–H and O–H groups in total. The highest BCUT2D eigenvalue weighted by atomic mass is 19.4. The molecular weight excluding hydrogens is 423 g/mol. The summed E-state index contributed by atoms with van der Waals surface area (Å²) >= 11 is 0. The summed E-state index contributed by atoms with van der Waals surface area (Å²) in [6.45, 7) is 7.91. The summed E-state index contributed by atoms with van der Waals surface area (Å²) in [6, 6.07) is 11.1. The third kappa shape index (κ3) is 5.28. The van der Waals surface area contributed by atoms with Crippen molar-refractivity contribution >= 4 is 11.5 Å². The number of hydrogen-bond acceptors (Lipinski definition) is 7. The second kappa shape index (κ2) is 8.55. The SMILES string of the molecule is CC(C)(N)COc1ccc(CN2CCN(c3ccc4nnc(C(F)(F)F)n4n3)CC2)cc1. The van der Waals surface area contributed by atoms with Crippen LogP contribution < -0.4 is 15.4 Å². The van der Waals surface area contributed by atoms with E-state index in [1.807, 2.05) is 43.0 Å². The van der Waals surface area contributed by atoms with Gasteiger partial charge in [0.15, 0.2) is 5.65 Å². The molecule has 0 amide bonds. The van der Waals surface area contributed by atoms with E-state index in [-0.39, 0.29) is 11.2 Å². The van der Waals surface area contributed by atoms with Crippen molar-refractivity contribution in [2.75, 3.05) is 37.7 Å². The van der Waals surface area contributed by atoms with E-state index >= 15 is 0 Å². The number of fused-ring (bicyclic) bond motifs is 1. The van der Waals surface area contributed by atoms with Crippen molar-refractivity contribution in [1.29, 1.82) is 0 Å². The number of nitrogens with two attached hydrogens (primary N) is 1. The number of aromatic nitrogens is 4. The molecule has 8 nitrogen and oxygen atoms in total. The zero-order valence-corrected chi connectivity index (χ0v) is 18.0. The molecular formula is C21H26F3N7O. The lowest BCUT2D eigenvalue weighted by atomic mass is 10.1. The Hall–Kier alpha value is -2.92. The predicted molar refractivity (Wildman–Crippen MR) is 113 cm³/mol. The van der Waals surface area contributed by atoms with Crippen molar-refractivity contribution in [3.8, 4) is 5.75 Å². The van der Waals surface area contributed by atoms with E-state index in [2.05, 4.69) is 20.2 Å². The Morgan fingerprint density at radius 2 is 1.66 bits per heavy atom. The summed E-state index contributed by atoms with van der Waals surface area (Å²) in [5.41, 5.74) is 6.79. The van der Waals surface area contributed by atoms with E-state index < -0.39 is 12.0 Å². The van der Waals surface area contributed by atoms with Crippen molar-refractivity contribution in [2.45, 2.75) is 32.1 Å². The number of alkyl halides is 3. The van der Waals surface area contributed by atoms with E-state index in [0.717, 1.165) is 35.5 Å². The van der Waals surface area contributed by atoms with Gasteiger partial charge in [-0.3, -0.25) is 4.90 Å². The minimum absolute atomic E-state index is 0.0714. The number of hydrogen-bond donors (Lipinski definition) is 1. The first-order chi connectivity index (χ1) is 15.1. The van der Waals surface area contributed by atoms with Gasteiger partial charge in [-0.15, -0.1) is 15.3 Å². The van der Waals surface area contributed by atoms with Crippen LogP contribution in [0.2, 0.25) is 0 Å². The molecule has 0 spiro atoms. The number of nitrogens with zero attached hydrogens (tertiary/aromatic N) is 6. The van der Waals surface area contributed by atoms with Gasteiger partial charge in [-0.05, 0) is 43.7 Å². The minimum atomic E-state index is -4.61. The Bertz CT molecular complexity index is 1050. The molecule has 0 radical (unpaired) electrons. The molecule has 4 rings (SSSR count). The van der Waals surface area contributed by atoms with Crippen LogP contribution in [0.3, 0.4) is 0 Å². The molecule has 2 aromatic heterocycles. The maximum atomic E-state index is 13.1. The molecule has 1 aromatic carbocycles. The second-order valence-electron chi connectivity index (χ2n) is 8.67. The summed E-state index contributed by atoms with van der Waals surface area (Å²) in [4.78, 5) is 4.27. The molecule has 0 unspecified atom stereocenters. The molecule has 3 aromatic rings. The monoisotopic (exact) mass is 449 g/mol. The van der Waals surface area contributed by atoms with Gasteiger partial charge in [0.1, 0.15) is 18.2 Å². The number of rotatable bonds is 6. The van der Waals surface area contributed by atoms with Gasteiger partial charge in [0.25, 0.3) is 5.82 Å². The second-order valence-corrected chi connectivity index (χ2v) is 8.67. The summed E-state index contributed by atoms with van der Waals surface area (Å²) in [5, 5.41) is 10.9. The fourth-order valence-electron chi connectivity index (χ4n) is 3.48. The Balaban J connectivity index is 1.34. The highest BCUT2D eigenvalue weighted by Gasteiger charge is 2.37. The minimum Gasteiger partial charge on any atom is -0.492 e. The van der Waals surface area contributed by atoms with Gasteiger partial charge in [0.05, 0.1) is 0 Å². The Morgan fingerprint density at radius 1 is 0.969 bits per heavy atom. The summed E-state index contributed by atoms with van der Waals surface area (Å²) in [5.74, 6) is 0.146. The Morgan fingerprint density at radius 3 is 2.28 bits per heavy atom. The van der Waals surface area contributed by atoms with Crippen LogP contribution in [-0.4, -0.2) is 63.0 Å². The van der Waals surface area contributed by atoms with Crippen LogP contribution in [0.5, 0.6) is 5.75 Å². The third-order valence-corrected chi connectivity index (χ3v) is 5.14. The molecule has 11 heteroatoms.